The Morgan fingerprint density at radius 1 is 0.708 bits per heavy atom. The van der Waals surface area contributed by atoms with Gasteiger partial charge in [0.2, 0.25) is 0 Å². The van der Waals surface area contributed by atoms with Gasteiger partial charge in [-0.25, -0.2) is 0 Å². The van der Waals surface area contributed by atoms with Gasteiger partial charge in [-0.3, -0.25) is 0 Å². The summed E-state index contributed by atoms with van der Waals surface area (Å²) in [5, 5.41) is 4.13. The van der Waals surface area contributed by atoms with Crippen molar-refractivity contribution in [2.75, 3.05) is 10.2 Å². The predicted octanol–water partition coefficient (Wildman–Crippen LogP) is 17.6. The molecule has 0 fully saturated rings. The third-order valence-electron chi connectivity index (χ3n) is 15.3. The summed E-state index contributed by atoms with van der Waals surface area (Å²) < 4.78 is 0. The molecule has 0 saturated carbocycles. The Bertz CT molecular complexity index is 3500. The lowest BCUT2D eigenvalue weighted by atomic mass is 9.53. The Morgan fingerprint density at radius 2 is 1.36 bits per heavy atom. The summed E-state index contributed by atoms with van der Waals surface area (Å²) in [7, 11) is 2.52. The normalized spacial score (nSPS) is 16.6. The van der Waals surface area contributed by atoms with E-state index >= 15 is 0 Å². The number of benzene rings is 7. The van der Waals surface area contributed by atoms with Crippen molar-refractivity contribution in [3.63, 3.8) is 0 Å². The van der Waals surface area contributed by atoms with Crippen molar-refractivity contribution >= 4 is 41.6 Å². The molecular formula is C69H60BN2. The van der Waals surface area contributed by atoms with Gasteiger partial charge >= 0.3 is 0 Å². The molecule has 2 nitrogen and oxygen atoms in total. The van der Waals surface area contributed by atoms with Gasteiger partial charge in [-0.2, -0.15) is 0 Å². The van der Waals surface area contributed by atoms with Crippen LogP contribution in [0, 0.1) is 12.8 Å². The molecule has 0 aromatic heterocycles. The van der Waals surface area contributed by atoms with Gasteiger partial charge in [0, 0.05) is 34.1 Å². The van der Waals surface area contributed by atoms with Crippen LogP contribution in [-0.2, 0) is 5.41 Å². The van der Waals surface area contributed by atoms with Gasteiger partial charge in [-0.05, 0) is 132 Å². The van der Waals surface area contributed by atoms with Crippen molar-refractivity contribution < 1.29 is 0 Å². The third-order valence-corrected chi connectivity index (χ3v) is 15.3. The lowest BCUT2D eigenvalue weighted by Gasteiger charge is -2.42. The zero-order chi connectivity index (χ0) is 49.3. The van der Waals surface area contributed by atoms with E-state index in [1.807, 2.05) is 0 Å². The number of rotatable bonds is 11. The van der Waals surface area contributed by atoms with Crippen molar-refractivity contribution in [2.24, 2.45) is 5.92 Å². The predicted molar refractivity (Wildman–Crippen MR) is 310 cm³/mol. The fraction of sp³-hybridized carbons (Fsp3) is 0.130. The minimum absolute atomic E-state index is 0.132. The Labute approximate surface area is 428 Å². The molecule has 349 valence electrons. The minimum atomic E-state index is -0.533. The Balaban J connectivity index is 1.23. The summed E-state index contributed by atoms with van der Waals surface area (Å²) in [5.41, 5.74) is 26.4. The number of anilines is 4. The van der Waals surface area contributed by atoms with Crippen LogP contribution in [-0.4, -0.2) is 7.28 Å². The van der Waals surface area contributed by atoms with Gasteiger partial charge in [-0.15, -0.1) is 6.58 Å². The summed E-state index contributed by atoms with van der Waals surface area (Å²) in [6.45, 7) is 15.3. The number of hydrogen-bond acceptors (Lipinski definition) is 2. The molecule has 2 aliphatic heterocycles. The first-order valence-corrected chi connectivity index (χ1v) is 25.6. The smallest absolute Gasteiger partial charge is 0.192 e. The van der Waals surface area contributed by atoms with Crippen molar-refractivity contribution in [2.45, 2.75) is 52.9 Å². The van der Waals surface area contributed by atoms with E-state index in [0.717, 1.165) is 35.6 Å². The molecule has 0 bridgehead atoms. The topological polar surface area (TPSA) is 15.3 Å². The summed E-state index contributed by atoms with van der Waals surface area (Å²) in [6.07, 6.45) is 28.2. The highest BCUT2D eigenvalue weighted by molar-refractivity contribution is 6.66. The number of para-hydroxylation sites is 3. The highest BCUT2D eigenvalue weighted by Crippen LogP contribution is 2.62. The molecule has 7 aromatic rings. The van der Waals surface area contributed by atoms with E-state index in [9.17, 15) is 0 Å². The minimum Gasteiger partial charge on any atom is -0.354 e. The number of nitrogens with zero attached hydrogens (tertiary/aromatic N) is 1. The molecule has 1 atom stereocenters. The van der Waals surface area contributed by atoms with E-state index in [1.165, 1.54) is 100 Å². The van der Waals surface area contributed by atoms with E-state index in [1.54, 1.807) is 0 Å². The van der Waals surface area contributed by atoms with Crippen LogP contribution in [0.2, 0.25) is 0 Å². The largest absolute Gasteiger partial charge is 0.354 e. The molecule has 1 spiro atoms. The summed E-state index contributed by atoms with van der Waals surface area (Å²) in [5.74, 6) is 0.132. The van der Waals surface area contributed by atoms with Crippen LogP contribution in [0.1, 0.15) is 73.9 Å². The molecule has 72 heavy (non-hydrogen) atoms. The first kappa shape index (κ1) is 46.3. The van der Waals surface area contributed by atoms with Gasteiger partial charge in [0.1, 0.15) is 0 Å². The third kappa shape index (κ3) is 7.76. The van der Waals surface area contributed by atoms with Crippen LogP contribution >= 0.6 is 0 Å². The standard InChI is InChI=1S/C69H60BN2/c1-7-11-13-28-48(9-3)42-52-45-65-67(70-61-43-49(10-4)51(31-17-16-27-46(5)8-2)44-64(61)72(65)63-41-25-20-32-53(63)50-29-14-12-15-30-50)66(47(52)6)56-35-26-39-60-68(56)71-62-40-24-23-38-59(62)69(60)57-36-21-18-33-54(57)55-34-19-22-37-58(55)69/h7-8,10-42,44-45,49,71H,4,9,43H2,1-3,5-6H3/b11-7-,27-16-,28-13-,31-17-,46-8+,48-42+. The van der Waals surface area contributed by atoms with Gasteiger partial charge in [0.25, 0.3) is 0 Å². The number of fused-ring (bicyclic) bond motifs is 10. The summed E-state index contributed by atoms with van der Waals surface area (Å²) >= 11 is 0. The molecule has 4 aliphatic rings. The Kier molecular flexibility index (Phi) is 12.6. The van der Waals surface area contributed by atoms with E-state index in [0.29, 0.717) is 0 Å². The van der Waals surface area contributed by atoms with Gasteiger partial charge < -0.3 is 10.2 Å². The Hall–Kier alpha value is -8.14. The van der Waals surface area contributed by atoms with Crippen LogP contribution in [0.25, 0.3) is 39.5 Å². The second-order valence-electron chi connectivity index (χ2n) is 19.3. The second-order valence-corrected chi connectivity index (χ2v) is 19.3. The quantitative estimate of drug-likeness (QED) is 0.0790. The second kappa shape index (κ2) is 19.6. The number of nitrogens with one attached hydrogen (secondary N) is 1. The molecule has 2 heterocycles. The average molecular weight is 928 g/mol. The molecule has 7 aromatic carbocycles. The van der Waals surface area contributed by atoms with Crippen LogP contribution in [0.5, 0.6) is 0 Å². The van der Waals surface area contributed by atoms with E-state index in [2.05, 4.69) is 283 Å². The maximum absolute atomic E-state index is 4.43. The summed E-state index contributed by atoms with van der Waals surface area (Å²) in [6, 6.07) is 56.4. The van der Waals surface area contributed by atoms with Gasteiger partial charge in [0.05, 0.1) is 16.8 Å². The summed E-state index contributed by atoms with van der Waals surface area (Å²) in [4.78, 5) is 2.57. The van der Waals surface area contributed by atoms with Gasteiger partial charge in [-0.1, -0.05) is 224 Å². The van der Waals surface area contributed by atoms with Crippen LogP contribution < -0.4 is 15.7 Å². The molecule has 3 heteroatoms. The van der Waals surface area contributed by atoms with Gasteiger partial charge in [0.15, 0.2) is 7.28 Å². The van der Waals surface area contributed by atoms with Crippen LogP contribution in [0.4, 0.5) is 22.7 Å². The number of hydrogen-bond donors (Lipinski definition) is 1. The molecule has 2 aliphatic carbocycles. The molecular weight excluding hydrogens is 868 g/mol. The maximum atomic E-state index is 4.43. The van der Waals surface area contributed by atoms with Crippen molar-refractivity contribution in [1.82, 2.24) is 0 Å². The lowest BCUT2D eigenvalue weighted by Crippen LogP contribution is -2.38. The van der Waals surface area contributed by atoms with Crippen LogP contribution in [0.15, 0.2) is 253 Å². The molecule has 1 N–H and O–H groups in total. The first-order valence-electron chi connectivity index (χ1n) is 25.6. The number of allylic oxidation sites excluding steroid dienone is 15. The SMILES string of the molecule is C=CC1CC2=C(C=C1\C=C/C=C\C(C)=C\C)N(c1ccccc1-c1ccccc1)c1cc(/C=C(/C=C\C=C/C)CC)c(C)c(-c3cccc4c3Nc3ccccc3C43c4ccccc4-c4ccccc43)c1[B]2. The highest BCUT2D eigenvalue weighted by atomic mass is 15.2. The molecule has 11 rings (SSSR count). The van der Waals surface area contributed by atoms with E-state index in [4.69, 9.17) is 0 Å². The molecule has 1 unspecified atom stereocenters. The molecule has 0 saturated heterocycles. The van der Waals surface area contributed by atoms with Crippen molar-refractivity contribution in [3.8, 4) is 33.4 Å². The zero-order valence-electron chi connectivity index (χ0n) is 42.1. The fourth-order valence-electron chi connectivity index (χ4n) is 11.7. The lowest BCUT2D eigenvalue weighted by molar-refractivity contribution is 0.762. The van der Waals surface area contributed by atoms with Crippen LogP contribution in [0.3, 0.4) is 0 Å². The average Bonchev–Trinajstić information content (AvgIpc) is 3.71. The van der Waals surface area contributed by atoms with E-state index < -0.39 is 5.41 Å². The highest BCUT2D eigenvalue weighted by Gasteiger charge is 2.50. The molecule has 0 amide bonds. The van der Waals surface area contributed by atoms with Crippen molar-refractivity contribution in [1.29, 1.82) is 0 Å². The Morgan fingerprint density at radius 3 is 2.08 bits per heavy atom. The monoisotopic (exact) mass is 927 g/mol. The zero-order valence-corrected chi connectivity index (χ0v) is 42.1. The first-order chi connectivity index (χ1) is 35.4. The maximum Gasteiger partial charge on any atom is 0.192 e. The van der Waals surface area contributed by atoms with E-state index in [-0.39, 0.29) is 5.92 Å². The molecule has 1 radical (unpaired) electrons. The fourth-order valence-corrected chi connectivity index (χ4v) is 11.7. The van der Waals surface area contributed by atoms with Crippen molar-refractivity contribution in [3.05, 3.63) is 286 Å².